The number of nitrogens with zero attached hydrogens (tertiary/aromatic N) is 3. The second-order valence-corrected chi connectivity index (χ2v) is 4.50. The minimum Gasteiger partial charge on any atom is -0.464 e. The van der Waals surface area contributed by atoms with E-state index in [2.05, 4.69) is 38.6 Å². The van der Waals surface area contributed by atoms with Crippen LogP contribution in [0.15, 0.2) is 24.4 Å². The lowest BCUT2D eigenvalue weighted by atomic mass is 10.1. The van der Waals surface area contributed by atoms with E-state index in [1.54, 1.807) is 10.9 Å². The predicted molar refractivity (Wildman–Crippen MR) is 67.4 cm³/mol. The van der Waals surface area contributed by atoms with Crippen LogP contribution in [-0.2, 0) is 24.4 Å². The lowest BCUT2D eigenvalue weighted by Gasteiger charge is -2.04. The average Bonchev–Trinajstić information content (AvgIpc) is 3.06. The molecule has 1 aliphatic heterocycles. The van der Waals surface area contributed by atoms with Gasteiger partial charge < -0.3 is 10.1 Å². The van der Waals surface area contributed by atoms with Crippen LogP contribution in [-0.4, -0.2) is 28.1 Å². The first-order chi connectivity index (χ1) is 9.26. The summed E-state index contributed by atoms with van der Waals surface area (Å²) in [4.78, 5) is 11.3. The number of fused-ring (bicyclic) bond motifs is 1. The standard InChI is InChI=1S/C13H14N4O2/c1-19-13(18)12-8-17(16-15-12)7-9-2-3-10-5-14-6-11(10)4-9/h2-4,8,14H,5-7H2,1H3. The van der Waals surface area contributed by atoms with E-state index in [0.29, 0.717) is 6.54 Å². The maximum atomic E-state index is 11.3. The number of aromatic nitrogens is 3. The number of carbonyl (C=O) groups excluding carboxylic acids is 1. The number of hydrogen-bond acceptors (Lipinski definition) is 5. The first-order valence-electron chi connectivity index (χ1n) is 6.06. The van der Waals surface area contributed by atoms with Crippen molar-refractivity contribution in [3.8, 4) is 0 Å². The number of methoxy groups -OCH3 is 1. The van der Waals surface area contributed by atoms with Gasteiger partial charge in [-0.3, -0.25) is 0 Å². The second kappa shape index (κ2) is 4.81. The highest BCUT2D eigenvalue weighted by atomic mass is 16.5. The van der Waals surface area contributed by atoms with E-state index in [1.165, 1.54) is 18.2 Å². The highest BCUT2D eigenvalue weighted by Crippen LogP contribution is 2.17. The SMILES string of the molecule is COC(=O)c1cn(Cc2ccc3c(c2)CNC3)nn1. The third-order valence-electron chi connectivity index (χ3n) is 3.18. The summed E-state index contributed by atoms with van der Waals surface area (Å²) in [6.45, 7) is 2.44. The molecule has 0 radical (unpaired) electrons. The molecule has 0 saturated carbocycles. The summed E-state index contributed by atoms with van der Waals surface area (Å²) in [6, 6.07) is 6.36. The van der Waals surface area contributed by atoms with Crippen molar-refractivity contribution in [2.75, 3.05) is 7.11 Å². The molecule has 2 aromatic rings. The lowest BCUT2D eigenvalue weighted by molar-refractivity contribution is 0.0594. The molecule has 0 spiro atoms. The average molecular weight is 258 g/mol. The van der Waals surface area contributed by atoms with Crippen molar-refractivity contribution in [1.82, 2.24) is 20.3 Å². The van der Waals surface area contributed by atoms with Gasteiger partial charge in [0.1, 0.15) is 0 Å². The predicted octanol–water partition coefficient (Wildman–Crippen LogP) is 0.716. The van der Waals surface area contributed by atoms with Gasteiger partial charge in [-0.2, -0.15) is 0 Å². The molecule has 19 heavy (non-hydrogen) atoms. The van der Waals surface area contributed by atoms with Crippen molar-refractivity contribution >= 4 is 5.97 Å². The highest BCUT2D eigenvalue weighted by molar-refractivity contribution is 5.86. The Labute approximate surface area is 110 Å². The molecule has 1 N–H and O–H groups in total. The summed E-state index contributed by atoms with van der Waals surface area (Å²) in [5.74, 6) is -0.468. The van der Waals surface area contributed by atoms with E-state index in [1.807, 2.05) is 0 Å². The molecular weight excluding hydrogens is 244 g/mol. The van der Waals surface area contributed by atoms with E-state index in [9.17, 15) is 4.79 Å². The number of benzene rings is 1. The molecule has 0 bridgehead atoms. The van der Waals surface area contributed by atoms with E-state index in [-0.39, 0.29) is 5.69 Å². The fraction of sp³-hybridized carbons (Fsp3) is 0.308. The summed E-state index contributed by atoms with van der Waals surface area (Å²) in [5.41, 5.74) is 4.04. The second-order valence-electron chi connectivity index (χ2n) is 4.50. The zero-order chi connectivity index (χ0) is 13.2. The largest absolute Gasteiger partial charge is 0.464 e. The van der Waals surface area contributed by atoms with Crippen LogP contribution in [0.25, 0.3) is 0 Å². The van der Waals surface area contributed by atoms with E-state index < -0.39 is 5.97 Å². The maximum absolute atomic E-state index is 11.3. The Morgan fingerprint density at radius 1 is 1.42 bits per heavy atom. The van der Waals surface area contributed by atoms with Gasteiger partial charge in [-0.05, 0) is 16.7 Å². The molecule has 2 heterocycles. The lowest BCUT2D eigenvalue weighted by Crippen LogP contribution is -2.02. The fourth-order valence-corrected chi connectivity index (χ4v) is 2.21. The molecule has 3 rings (SSSR count). The minimum absolute atomic E-state index is 0.227. The summed E-state index contributed by atoms with van der Waals surface area (Å²) in [7, 11) is 1.33. The van der Waals surface area contributed by atoms with Crippen molar-refractivity contribution in [1.29, 1.82) is 0 Å². The van der Waals surface area contributed by atoms with Crippen molar-refractivity contribution in [3.05, 3.63) is 46.8 Å². The van der Waals surface area contributed by atoms with Crippen LogP contribution >= 0.6 is 0 Å². The van der Waals surface area contributed by atoms with Crippen molar-refractivity contribution in [2.24, 2.45) is 0 Å². The number of hydrogen-bond donors (Lipinski definition) is 1. The van der Waals surface area contributed by atoms with Gasteiger partial charge in [-0.1, -0.05) is 23.4 Å². The van der Waals surface area contributed by atoms with Gasteiger partial charge in [0, 0.05) is 13.1 Å². The van der Waals surface area contributed by atoms with Gasteiger partial charge in [0.25, 0.3) is 0 Å². The van der Waals surface area contributed by atoms with Crippen LogP contribution in [0.3, 0.4) is 0 Å². The molecule has 0 aliphatic carbocycles. The van der Waals surface area contributed by atoms with Gasteiger partial charge in [0.05, 0.1) is 19.9 Å². The normalized spacial score (nSPS) is 13.3. The van der Waals surface area contributed by atoms with Gasteiger partial charge in [-0.25, -0.2) is 9.48 Å². The van der Waals surface area contributed by atoms with E-state index in [4.69, 9.17) is 0 Å². The van der Waals surface area contributed by atoms with E-state index >= 15 is 0 Å². The third-order valence-corrected chi connectivity index (χ3v) is 3.18. The summed E-state index contributed by atoms with van der Waals surface area (Å²) >= 11 is 0. The molecule has 1 aliphatic rings. The summed E-state index contributed by atoms with van der Waals surface area (Å²) in [6.07, 6.45) is 1.59. The fourth-order valence-electron chi connectivity index (χ4n) is 2.21. The number of carbonyl (C=O) groups is 1. The monoisotopic (exact) mass is 258 g/mol. The van der Waals surface area contributed by atoms with Crippen LogP contribution in [0, 0.1) is 0 Å². The smallest absolute Gasteiger partial charge is 0.360 e. The Balaban J connectivity index is 1.78. The number of nitrogens with one attached hydrogen (secondary N) is 1. The molecule has 6 nitrogen and oxygen atoms in total. The van der Waals surface area contributed by atoms with Gasteiger partial charge in [0.15, 0.2) is 5.69 Å². The molecule has 1 aromatic heterocycles. The Hall–Kier alpha value is -2.21. The Kier molecular flexibility index (Phi) is 3.00. The zero-order valence-electron chi connectivity index (χ0n) is 10.6. The van der Waals surface area contributed by atoms with Crippen LogP contribution in [0.4, 0.5) is 0 Å². The first-order valence-corrected chi connectivity index (χ1v) is 6.06. The third kappa shape index (κ3) is 2.34. The molecule has 98 valence electrons. The van der Waals surface area contributed by atoms with Crippen LogP contribution < -0.4 is 5.32 Å². The molecule has 0 unspecified atom stereocenters. The van der Waals surface area contributed by atoms with Crippen molar-refractivity contribution < 1.29 is 9.53 Å². The molecule has 0 amide bonds. The summed E-state index contributed by atoms with van der Waals surface area (Å²) < 4.78 is 6.23. The molecule has 0 fully saturated rings. The molecule has 0 atom stereocenters. The Morgan fingerprint density at radius 3 is 3.11 bits per heavy atom. The Bertz CT molecular complexity index is 621. The molecule has 0 saturated heterocycles. The van der Waals surface area contributed by atoms with Crippen LogP contribution in [0.1, 0.15) is 27.2 Å². The van der Waals surface area contributed by atoms with Gasteiger partial charge in [0.2, 0.25) is 0 Å². The van der Waals surface area contributed by atoms with Crippen molar-refractivity contribution in [2.45, 2.75) is 19.6 Å². The minimum atomic E-state index is -0.468. The van der Waals surface area contributed by atoms with Gasteiger partial charge in [-0.15, -0.1) is 5.10 Å². The molecule has 1 aromatic carbocycles. The molecule has 6 heteroatoms. The quantitative estimate of drug-likeness (QED) is 0.821. The van der Waals surface area contributed by atoms with Crippen LogP contribution in [0.5, 0.6) is 0 Å². The van der Waals surface area contributed by atoms with Gasteiger partial charge >= 0.3 is 5.97 Å². The topological polar surface area (TPSA) is 69.0 Å². The highest BCUT2D eigenvalue weighted by Gasteiger charge is 2.12. The number of ether oxygens (including phenoxy) is 1. The number of rotatable bonds is 3. The number of esters is 1. The Morgan fingerprint density at radius 2 is 2.26 bits per heavy atom. The molecular formula is C13H14N4O2. The zero-order valence-corrected chi connectivity index (χ0v) is 10.6. The van der Waals surface area contributed by atoms with E-state index in [0.717, 1.165) is 18.7 Å². The summed E-state index contributed by atoms with van der Waals surface area (Å²) in [5, 5.41) is 11.0. The van der Waals surface area contributed by atoms with Crippen molar-refractivity contribution in [3.63, 3.8) is 0 Å². The maximum Gasteiger partial charge on any atom is 0.360 e. The van der Waals surface area contributed by atoms with Crippen LogP contribution in [0.2, 0.25) is 0 Å². The first kappa shape index (κ1) is 11.9.